The van der Waals surface area contributed by atoms with E-state index in [1.165, 1.54) is 26.3 Å². The van der Waals surface area contributed by atoms with E-state index in [-0.39, 0.29) is 16.9 Å². The van der Waals surface area contributed by atoms with E-state index < -0.39 is 9.84 Å². The number of rotatable bonds is 10. The molecular weight excluding hydrogens is 468 g/mol. The van der Waals surface area contributed by atoms with Gasteiger partial charge in [-0.05, 0) is 67.9 Å². The highest BCUT2D eigenvalue weighted by atomic mass is 32.2. The van der Waals surface area contributed by atoms with E-state index in [2.05, 4.69) is 11.6 Å². The van der Waals surface area contributed by atoms with Crippen LogP contribution in [0.3, 0.4) is 0 Å². The van der Waals surface area contributed by atoms with Gasteiger partial charge in [0.05, 0.1) is 23.8 Å². The van der Waals surface area contributed by atoms with Gasteiger partial charge in [0.25, 0.3) is 5.91 Å². The van der Waals surface area contributed by atoms with E-state index in [9.17, 15) is 13.2 Å². The van der Waals surface area contributed by atoms with Crippen molar-refractivity contribution in [3.05, 3.63) is 72.4 Å². The minimum absolute atomic E-state index is 0.0360. The van der Waals surface area contributed by atoms with Crippen molar-refractivity contribution in [1.82, 2.24) is 10.0 Å². The summed E-state index contributed by atoms with van der Waals surface area (Å²) in [5.41, 5.74) is 2.51. The van der Waals surface area contributed by atoms with Crippen molar-refractivity contribution in [3.63, 3.8) is 0 Å². The molecule has 186 valence electrons. The van der Waals surface area contributed by atoms with Gasteiger partial charge in [0.2, 0.25) is 0 Å². The van der Waals surface area contributed by atoms with Crippen LogP contribution in [0.5, 0.6) is 11.5 Å². The predicted molar refractivity (Wildman–Crippen MR) is 135 cm³/mol. The molecule has 0 aliphatic carbocycles. The monoisotopic (exact) mass is 498 g/mol. The fraction of sp³-hybridized carbons (Fsp3) is 0.269. The predicted octanol–water partition coefficient (Wildman–Crippen LogP) is 5.30. The highest BCUT2D eigenvalue weighted by Crippen LogP contribution is 2.31. The standard InChI is InChI=1S/C26H30N2O6S/c1-7-17(2)33-18(3)24-12-13-25(27-24)19-14-20(26(29)28(4)32-5)16-22(15-19)34-21-8-10-23(11-9-21)35(6,30)31/h8-17,27H,3,7H2,1-2,4-6H3. The second kappa shape index (κ2) is 10.8. The molecule has 0 radical (unpaired) electrons. The third kappa shape index (κ3) is 6.52. The molecule has 8 nitrogen and oxygen atoms in total. The summed E-state index contributed by atoms with van der Waals surface area (Å²) in [6.07, 6.45) is 2.04. The van der Waals surface area contributed by atoms with Crippen molar-refractivity contribution in [1.29, 1.82) is 0 Å². The smallest absolute Gasteiger partial charge is 0.277 e. The molecule has 0 bridgehead atoms. The van der Waals surface area contributed by atoms with E-state index in [1.807, 2.05) is 26.0 Å². The molecule has 1 atom stereocenters. The minimum Gasteiger partial charge on any atom is -0.489 e. The molecule has 0 saturated carbocycles. The van der Waals surface area contributed by atoms with Gasteiger partial charge < -0.3 is 14.5 Å². The lowest BCUT2D eigenvalue weighted by atomic mass is 10.1. The Balaban J connectivity index is 1.97. The third-order valence-corrected chi connectivity index (χ3v) is 6.55. The number of nitrogens with zero attached hydrogens (tertiary/aromatic N) is 1. The number of amides is 1. The summed E-state index contributed by atoms with van der Waals surface area (Å²) in [5, 5.41) is 1.12. The highest BCUT2D eigenvalue weighted by molar-refractivity contribution is 7.90. The maximum Gasteiger partial charge on any atom is 0.277 e. The topological polar surface area (TPSA) is 97.9 Å². The molecule has 0 fully saturated rings. The maximum atomic E-state index is 12.8. The van der Waals surface area contributed by atoms with Crippen molar-refractivity contribution in [2.45, 2.75) is 31.3 Å². The van der Waals surface area contributed by atoms with Crippen LogP contribution >= 0.6 is 0 Å². The van der Waals surface area contributed by atoms with Gasteiger partial charge in [-0.2, -0.15) is 0 Å². The summed E-state index contributed by atoms with van der Waals surface area (Å²) >= 11 is 0. The molecule has 0 aliphatic rings. The van der Waals surface area contributed by atoms with Crippen LogP contribution in [-0.2, 0) is 19.4 Å². The van der Waals surface area contributed by atoms with Crippen molar-refractivity contribution >= 4 is 21.5 Å². The first-order chi connectivity index (χ1) is 16.5. The van der Waals surface area contributed by atoms with Crippen LogP contribution in [0.4, 0.5) is 0 Å². The van der Waals surface area contributed by atoms with Gasteiger partial charge in [-0.3, -0.25) is 9.63 Å². The van der Waals surface area contributed by atoms with Gasteiger partial charge in [-0.15, -0.1) is 0 Å². The summed E-state index contributed by atoms with van der Waals surface area (Å²) in [5.74, 6) is 0.992. The molecule has 1 N–H and O–H groups in total. The number of aromatic nitrogens is 1. The Morgan fingerprint density at radius 3 is 2.37 bits per heavy atom. The average Bonchev–Trinajstić information content (AvgIpc) is 3.33. The first-order valence-corrected chi connectivity index (χ1v) is 12.9. The summed E-state index contributed by atoms with van der Waals surface area (Å²) in [6, 6.07) is 14.9. The normalized spacial score (nSPS) is 12.1. The Morgan fingerprint density at radius 1 is 1.09 bits per heavy atom. The fourth-order valence-electron chi connectivity index (χ4n) is 3.21. The lowest BCUT2D eigenvalue weighted by molar-refractivity contribution is -0.0757. The molecule has 3 aromatic rings. The van der Waals surface area contributed by atoms with Gasteiger partial charge in [-0.1, -0.05) is 13.5 Å². The number of carbonyl (C=O) groups is 1. The molecule has 2 aromatic carbocycles. The molecule has 0 saturated heterocycles. The van der Waals surface area contributed by atoms with E-state index in [0.717, 1.165) is 29.1 Å². The number of ether oxygens (including phenoxy) is 2. The number of hydrogen-bond donors (Lipinski definition) is 1. The van der Waals surface area contributed by atoms with Crippen LogP contribution in [0.1, 0.15) is 36.3 Å². The van der Waals surface area contributed by atoms with Crippen LogP contribution in [-0.4, -0.2) is 50.9 Å². The van der Waals surface area contributed by atoms with Gasteiger partial charge in [0.15, 0.2) is 9.84 Å². The number of aromatic amines is 1. The van der Waals surface area contributed by atoms with Gasteiger partial charge in [-0.25, -0.2) is 13.5 Å². The summed E-state index contributed by atoms with van der Waals surface area (Å²) < 4.78 is 35.2. The van der Waals surface area contributed by atoms with Gasteiger partial charge in [0.1, 0.15) is 17.3 Å². The van der Waals surface area contributed by atoms with Crippen LogP contribution in [0.25, 0.3) is 17.0 Å². The fourth-order valence-corrected chi connectivity index (χ4v) is 3.84. The average molecular weight is 499 g/mol. The zero-order valence-electron chi connectivity index (χ0n) is 20.5. The molecule has 9 heteroatoms. The van der Waals surface area contributed by atoms with Crippen LogP contribution in [0, 0.1) is 0 Å². The summed E-state index contributed by atoms with van der Waals surface area (Å²) in [6.45, 7) is 8.01. The van der Waals surface area contributed by atoms with E-state index in [1.54, 1.807) is 30.3 Å². The number of benzene rings is 2. The minimum atomic E-state index is -3.32. The van der Waals surface area contributed by atoms with E-state index >= 15 is 0 Å². The molecule has 0 aliphatic heterocycles. The molecule has 1 aromatic heterocycles. The summed E-state index contributed by atoms with van der Waals surface area (Å²) in [4.78, 5) is 21.3. The van der Waals surface area contributed by atoms with Gasteiger partial charge in [0, 0.05) is 30.1 Å². The SMILES string of the molecule is C=C(OC(C)CC)c1ccc(-c2cc(Oc3ccc(S(C)(=O)=O)cc3)cc(C(=O)N(C)OC)c2)[nH]1. The molecule has 3 rings (SSSR count). The summed E-state index contributed by atoms with van der Waals surface area (Å²) in [7, 11) is -0.399. The molecule has 1 heterocycles. The highest BCUT2D eigenvalue weighted by Gasteiger charge is 2.17. The molecule has 1 amide bonds. The Hall–Kier alpha value is -3.56. The van der Waals surface area contributed by atoms with Crippen LogP contribution in [0.15, 0.2) is 66.1 Å². The quantitative estimate of drug-likeness (QED) is 0.301. The number of H-pyrrole nitrogens is 1. The first-order valence-electron chi connectivity index (χ1n) is 11.0. The zero-order valence-corrected chi connectivity index (χ0v) is 21.3. The number of sulfone groups is 1. The van der Waals surface area contributed by atoms with Crippen LogP contribution < -0.4 is 4.74 Å². The number of hydrogen-bond acceptors (Lipinski definition) is 6. The van der Waals surface area contributed by atoms with Gasteiger partial charge >= 0.3 is 0 Å². The number of nitrogens with one attached hydrogen (secondary N) is 1. The van der Waals surface area contributed by atoms with E-state index in [4.69, 9.17) is 14.3 Å². The first kappa shape index (κ1) is 26.1. The Bertz CT molecular complexity index is 1310. The maximum absolute atomic E-state index is 12.8. The van der Waals surface area contributed by atoms with Crippen molar-refractivity contribution in [2.24, 2.45) is 0 Å². The molecule has 1 unspecified atom stereocenters. The number of carbonyl (C=O) groups excluding carboxylic acids is 1. The Kier molecular flexibility index (Phi) is 8.03. The molecular formula is C26H30N2O6S. The third-order valence-electron chi connectivity index (χ3n) is 5.42. The van der Waals surface area contributed by atoms with E-state index in [0.29, 0.717) is 28.4 Å². The van der Waals surface area contributed by atoms with Crippen molar-refractivity contribution < 1.29 is 27.5 Å². The lowest BCUT2D eigenvalue weighted by Crippen LogP contribution is -2.25. The Labute approximate surface area is 206 Å². The Morgan fingerprint density at radius 2 is 1.77 bits per heavy atom. The lowest BCUT2D eigenvalue weighted by Gasteiger charge is -2.16. The van der Waals surface area contributed by atoms with Crippen molar-refractivity contribution in [3.8, 4) is 22.8 Å². The van der Waals surface area contributed by atoms with Crippen LogP contribution in [0.2, 0.25) is 0 Å². The number of hydroxylamine groups is 2. The molecule has 35 heavy (non-hydrogen) atoms. The second-order valence-electron chi connectivity index (χ2n) is 8.12. The zero-order chi connectivity index (χ0) is 25.8. The second-order valence-corrected chi connectivity index (χ2v) is 10.1. The molecule has 0 spiro atoms. The largest absolute Gasteiger partial charge is 0.489 e. The van der Waals surface area contributed by atoms with Crippen molar-refractivity contribution in [2.75, 3.05) is 20.4 Å².